The molecule has 0 aromatic carbocycles. The molecule has 1 N–H and O–H groups in total. The fourth-order valence-electron chi connectivity index (χ4n) is 4.60. The summed E-state index contributed by atoms with van der Waals surface area (Å²) in [5.74, 6) is 1.03. The van der Waals surface area contributed by atoms with E-state index in [4.69, 9.17) is 9.98 Å². The Morgan fingerprint density at radius 2 is 1.91 bits per heavy atom. The highest BCUT2D eigenvalue weighted by molar-refractivity contribution is 8.17. The van der Waals surface area contributed by atoms with Crippen molar-refractivity contribution in [3.63, 3.8) is 0 Å². The summed E-state index contributed by atoms with van der Waals surface area (Å²) in [6, 6.07) is 2.36. The lowest BCUT2D eigenvalue weighted by Gasteiger charge is -2.31. The van der Waals surface area contributed by atoms with Crippen LogP contribution in [0.2, 0.25) is 0 Å². The Morgan fingerprint density at radius 3 is 2.83 bits per heavy atom. The van der Waals surface area contributed by atoms with Gasteiger partial charge < -0.3 is 10.2 Å². The van der Waals surface area contributed by atoms with Crippen LogP contribution >= 0.6 is 23.5 Å². The van der Waals surface area contributed by atoms with Crippen molar-refractivity contribution in [2.45, 2.75) is 75.5 Å². The number of fused-ring (bicyclic) bond motifs is 4. The van der Waals surface area contributed by atoms with Crippen LogP contribution in [0.25, 0.3) is 0 Å². The van der Waals surface area contributed by atoms with Crippen LogP contribution < -0.4 is 5.32 Å². The van der Waals surface area contributed by atoms with Gasteiger partial charge in [-0.2, -0.15) is 0 Å². The molecule has 4 nitrogen and oxygen atoms in total. The first kappa shape index (κ1) is 14.7. The SMILES string of the molecule is C1=C(CSC2=N[C@@H]3CCCC[C@H]3N2)N2C(=N[C@@H]3CCCC[C@@H]32)S1. The standard InChI is InChI=1S/C17H24N4S2/c1-2-6-13-12(5-1)18-16(19-13)22-9-11-10-23-17-20-14-7-3-4-8-15(14)21(11)17/h10,12-15H,1-9H2,(H,18,19)/t12-,13-,14-,15+/m1/s1. The maximum absolute atomic E-state index is 4.96. The molecule has 5 rings (SSSR count). The van der Waals surface area contributed by atoms with E-state index in [1.54, 1.807) is 0 Å². The van der Waals surface area contributed by atoms with Crippen LogP contribution in [0.5, 0.6) is 0 Å². The molecule has 124 valence electrons. The number of rotatable bonds is 2. The van der Waals surface area contributed by atoms with Crippen LogP contribution in [0.15, 0.2) is 21.1 Å². The van der Waals surface area contributed by atoms with Gasteiger partial charge in [-0.3, -0.25) is 9.98 Å². The summed E-state index contributed by atoms with van der Waals surface area (Å²) in [5.41, 5.74) is 1.45. The molecular formula is C17H24N4S2. The highest BCUT2D eigenvalue weighted by Gasteiger charge is 2.41. The minimum Gasteiger partial charge on any atom is -0.360 e. The molecule has 23 heavy (non-hydrogen) atoms. The van der Waals surface area contributed by atoms with Crippen molar-refractivity contribution in [2.24, 2.45) is 9.98 Å². The summed E-state index contributed by atoms with van der Waals surface area (Å²) < 4.78 is 0. The lowest BCUT2D eigenvalue weighted by molar-refractivity contribution is 0.285. The molecule has 0 bridgehead atoms. The van der Waals surface area contributed by atoms with Crippen LogP contribution in [0, 0.1) is 0 Å². The van der Waals surface area contributed by atoms with Gasteiger partial charge in [0.2, 0.25) is 0 Å². The van der Waals surface area contributed by atoms with Crippen molar-refractivity contribution < 1.29 is 0 Å². The Kier molecular flexibility index (Phi) is 3.85. The number of amidine groups is 2. The summed E-state index contributed by atoms with van der Waals surface area (Å²) in [6.45, 7) is 0. The summed E-state index contributed by atoms with van der Waals surface area (Å²) in [6.07, 6.45) is 10.6. The molecule has 0 radical (unpaired) electrons. The molecular weight excluding hydrogens is 324 g/mol. The largest absolute Gasteiger partial charge is 0.360 e. The Morgan fingerprint density at radius 1 is 1.09 bits per heavy atom. The fourth-order valence-corrected chi connectivity index (χ4v) is 6.65. The van der Waals surface area contributed by atoms with Crippen molar-refractivity contribution in [1.82, 2.24) is 10.2 Å². The van der Waals surface area contributed by atoms with E-state index in [-0.39, 0.29) is 0 Å². The molecule has 3 aliphatic heterocycles. The van der Waals surface area contributed by atoms with E-state index in [9.17, 15) is 0 Å². The van der Waals surface area contributed by atoms with Crippen molar-refractivity contribution in [3.8, 4) is 0 Å². The van der Waals surface area contributed by atoms with E-state index < -0.39 is 0 Å². The number of hydrogen-bond donors (Lipinski definition) is 1. The lowest BCUT2D eigenvalue weighted by Crippen LogP contribution is -2.39. The molecule has 2 fully saturated rings. The summed E-state index contributed by atoms with van der Waals surface area (Å²) >= 11 is 3.73. The third-order valence-corrected chi connectivity index (χ3v) is 7.64. The molecule has 2 saturated carbocycles. The maximum atomic E-state index is 4.96. The molecule has 0 spiro atoms. The van der Waals surface area contributed by atoms with Gasteiger partial charge in [0.05, 0.1) is 24.2 Å². The zero-order chi connectivity index (χ0) is 15.2. The third kappa shape index (κ3) is 2.62. The summed E-state index contributed by atoms with van der Waals surface area (Å²) in [4.78, 5) is 12.4. The molecule has 0 saturated heterocycles. The van der Waals surface area contributed by atoms with Crippen molar-refractivity contribution in [2.75, 3.05) is 5.75 Å². The molecule has 0 amide bonds. The zero-order valence-electron chi connectivity index (χ0n) is 13.4. The van der Waals surface area contributed by atoms with Gasteiger partial charge in [-0.1, -0.05) is 49.2 Å². The topological polar surface area (TPSA) is 40.0 Å². The highest BCUT2D eigenvalue weighted by atomic mass is 32.2. The summed E-state index contributed by atoms with van der Waals surface area (Å²) in [5, 5.41) is 8.42. The monoisotopic (exact) mass is 348 g/mol. The Bertz CT molecular complexity index is 585. The molecule has 2 aliphatic carbocycles. The van der Waals surface area contributed by atoms with Gasteiger partial charge in [-0.05, 0) is 31.1 Å². The average molecular weight is 349 g/mol. The molecule has 0 unspecified atom stereocenters. The second-order valence-electron chi connectivity index (χ2n) is 7.25. The van der Waals surface area contributed by atoms with Crippen LogP contribution in [0.1, 0.15) is 51.4 Å². The van der Waals surface area contributed by atoms with E-state index in [0.29, 0.717) is 24.2 Å². The second kappa shape index (κ2) is 6.03. The molecule has 0 aromatic rings. The van der Waals surface area contributed by atoms with Gasteiger partial charge in [0.15, 0.2) is 10.3 Å². The van der Waals surface area contributed by atoms with Gasteiger partial charge in [0.1, 0.15) is 0 Å². The molecule has 4 atom stereocenters. The van der Waals surface area contributed by atoms with Crippen LogP contribution in [-0.4, -0.2) is 45.2 Å². The number of hydrogen-bond acceptors (Lipinski definition) is 6. The summed E-state index contributed by atoms with van der Waals surface area (Å²) in [7, 11) is 0. The number of nitrogens with zero attached hydrogens (tertiary/aromatic N) is 3. The van der Waals surface area contributed by atoms with Crippen molar-refractivity contribution in [3.05, 3.63) is 11.1 Å². The Hall–Kier alpha value is -0.620. The van der Waals surface area contributed by atoms with E-state index in [1.165, 1.54) is 67.4 Å². The zero-order valence-corrected chi connectivity index (χ0v) is 15.0. The van der Waals surface area contributed by atoms with Gasteiger partial charge in [-0.25, -0.2) is 0 Å². The number of thioether (sulfide) groups is 2. The molecule has 0 aromatic heterocycles. The minimum atomic E-state index is 0.546. The normalized spacial score (nSPS) is 38.3. The molecule has 3 heterocycles. The average Bonchev–Trinajstić information content (AvgIpc) is 3.25. The molecule has 6 heteroatoms. The predicted molar refractivity (Wildman–Crippen MR) is 100 cm³/mol. The Labute approximate surface area is 146 Å². The third-order valence-electron chi connectivity index (χ3n) is 5.80. The van der Waals surface area contributed by atoms with Gasteiger partial charge in [-0.15, -0.1) is 0 Å². The Balaban J connectivity index is 1.23. The molecule has 5 aliphatic rings. The van der Waals surface area contributed by atoms with Crippen LogP contribution in [0.4, 0.5) is 0 Å². The van der Waals surface area contributed by atoms with E-state index in [1.807, 2.05) is 23.5 Å². The van der Waals surface area contributed by atoms with E-state index in [0.717, 1.165) is 5.75 Å². The predicted octanol–water partition coefficient (Wildman–Crippen LogP) is 3.56. The first-order valence-corrected chi connectivity index (χ1v) is 10.9. The van der Waals surface area contributed by atoms with Gasteiger partial charge in [0, 0.05) is 11.4 Å². The van der Waals surface area contributed by atoms with Crippen molar-refractivity contribution in [1.29, 1.82) is 0 Å². The van der Waals surface area contributed by atoms with Gasteiger partial charge >= 0.3 is 0 Å². The highest BCUT2D eigenvalue weighted by Crippen LogP contribution is 2.41. The second-order valence-corrected chi connectivity index (χ2v) is 9.05. The first-order chi connectivity index (χ1) is 11.4. The fraction of sp³-hybridized carbons (Fsp3) is 0.765. The number of nitrogens with one attached hydrogen (secondary N) is 1. The van der Waals surface area contributed by atoms with E-state index >= 15 is 0 Å². The maximum Gasteiger partial charge on any atom is 0.168 e. The lowest BCUT2D eigenvalue weighted by atomic mass is 9.91. The van der Waals surface area contributed by atoms with E-state index in [2.05, 4.69) is 15.6 Å². The first-order valence-electron chi connectivity index (χ1n) is 9.08. The van der Waals surface area contributed by atoms with Crippen LogP contribution in [0.3, 0.4) is 0 Å². The van der Waals surface area contributed by atoms with Crippen molar-refractivity contribution >= 4 is 33.9 Å². The smallest absolute Gasteiger partial charge is 0.168 e. The quantitative estimate of drug-likeness (QED) is 0.828. The minimum absolute atomic E-state index is 0.546. The van der Waals surface area contributed by atoms with Crippen LogP contribution in [-0.2, 0) is 0 Å². The van der Waals surface area contributed by atoms with Gasteiger partial charge in [0.25, 0.3) is 0 Å². The number of aliphatic imine (C=N–C) groups is 2.